The Labute approximate surface area is 94.4 Å². The Kier molecular flexibility index (Phi) is 4.82. The molecule has 0 spiro atoms. The van der Waals surface area contributed by atoms with E-state index in [2.05, 4.69) is 0 Å². The second-order valence-corrected chi connectivity index (χ2v) is 4.00. The zero-order chi connectivity index (χ0) is 11.3. The van der Waals surface area contributed by atoms with Crippen molar-refractivity contribution in [3.63, 3.8) is 0 Å². The Morgan fingerprint density at radius 2 is 2.40 bits per heavy atom. The molecule has 1 aliphatic rings. The molecule has 0 aliphatic heterocycles. The second-order valence-electron chi connectivity index (χ2n) is 3.47. The van der Waals surface area contributed by atoms with Gasteiger partial charge in [0.25, 0.3) is 0 Å². The monoisotopic (exact) mass is 230 g/mol. The lowest BCUT2D eigenvalue weighted by Crippen LogP contribution is -2.21. The summed E-state index contributed by atoms with van der Waals surface area (Å²) in [5, 5.41) is -0.738. The minimum absolute atomic E-state index is 0.108. The van der Waals surface area contributed by atoms with Gasteiger partial charge in [-0.2, -0.15) is 0 Å². The van der Waals surface area contributed by atoms with Crippen LogP contribution in [0.4, 0.5) is 0 Å². The summed E-state index contributed by atoms with van der Waals surface area (Å²) in [5.41, 5.74) is 0.675. The molecule has 0 N–H and O–H groups in total. The first-order valence-corrected chi connectivity index (χ1v) is 5.61. The first-order valence-electron chi connectivity index (χ1n) is 5.18. The fourth-order valence-corrected chi connectivity index (χ4v) is 1.75. The van der Waals surface area contributed by atoms with Crippen molar-refractivity contribution in [2.45, 2.75) is 38.0 Å². The van der Waals surface area contributed by atoms with E-state index in [0.717, 1.165) is 12.8 Å². The maximum atomic E-state index is 11.4. The highest BCUT2D eigenvalue weighted by molar-refractivity contribution is 6.30. The number of rotatable bonds is 4. The number of ether oxygens (including phenoxy) is 1. The molecule has 0 aromatic carbocycles. The minimum atomic E-state index is -0.738. The molecule has 0 amide bonds. The normalized spacial score (nSPS) is 18.3. The van der Waals surface area contributed by atoms with Crippen LogP contribution >= 0.6 is 11.6 Å². The van der Waals surface area contributed by atoms with Gasteiger partial charge in [-0.3, -0.25) is 9.59 Å². The summed E-state index contributed by atoms with van der Waals surface area (Å²) in [6.45, 7) is 2.04. The zero-order valence-corrected chi connectivity index (χ0v) is 9.55. The maximum Gasteiger partial charge on any atom is 0.324 e. The number of halogens is 1. The molecule has 84 valence electrons. The molecule has 0 heterocycles. The molecule has 0 fully saturated rings. The molecule has 0 radical (unpaired) electrons. The molecule has 0 saturated carbocycles. The molecule has 0 aromatic rings. The predicted molar refractivity (Wildman–Crippen MR) is 57.8 cm³/mol. The summed E-state index contributed by atoms with van der Waals surface area (Å²) < 4.78 is 4.77. The summed E-state index contributed by atoms with van der Waals surface area (Å²) in [6.07, 6.45) is 4.53. The van der Waals surface area contributed by atoms with E-state index in [1.54, 1.807) is 6.92 Å². The fourth-order valence-electron chi connectivity index (χ4n) is 1.52. The van der Waals surface area contributed by atoms with Crippen molar-refractivity contribution < 1.29 is 14.3 Å². The van der Waals surface area contributed by atoms with Crippen LogP contribution in [0, 0.1) is 0 Å². The van der Waals surface area contributed by atoms with Crippen LogP contribution in [0.15, 0.2) is 11.6 Å². The maximum absolute atomic E-state index is 11.4. The van der Waals surface area contributed by atoms with Gasteiger partial charge in [0.1, 0.15) is 5.38 Å². The van der Waals surface area contributed by atoms with Gasteiger partial charge >= 0.3 is 5.97 Å². The molecule has 15 heavy (non-hydrogen) atoms. The van der Waals surface area contributed by atoms with Gasteiger partial charge in [-0.15, -0.1) is 11.6 Å². The molecule has 1 atom stereocenters. The molecule has 0 unspecified atom stereocenters. The van der Waals surface area contributed by atoms with E-state index >= 15 is 0 Å². The first kappa shape index (κ1) is 12.2. The van der Waals surface area contributed by atoms with Crippen molar-refractivity contribution in [3.8, 4) is 0 Å². The third kappa shape index (κ3) is 3.67. The number of alkyl halides is 1. The van der Waals surface area contributed by atoms with E-state index in [-0.39, 0.29) is 5.78 Å². The Balaban J connectivity index is 2.49. The lowest BCUT2D eigenvalue weighted by molar-refractivity contribution is -0.142. The van der Waals surface area contributed by atoms with Crippen molar-refractivity contribution >= 4 is 23.4 Å². The predicted octanol–water partition coefficient (Wildman–Crippen LogP) is 2.23. The van der Waals surface area contributed by atoms with Gasteiger partial charge in [-0.05, 0) is 25.3 Å². The van der Waals surface area contributed by atoms with Crippen LogP contribution in [0.25, 0.3) is 0 Å². The van der Waals surface area contributed by atoms with Crippen molar-refractivity contribution in [2.24, 2.45) is 0 Å². The van der Waals surface area contributed by atoms with Crippen LogP contribution in [0.3, 0.4) is 0 Å². The second kappa shape index (κ2) is 5.91. The van der Waals surface area contributed by atoms with E-state index < -0.39 is 11.3 Å². The van der Waals surface area contributed by atoms with Crippen molar-refractivity contribution in [1.29, 1.82) is 0 Å². The number of hydrogen-bond acceptors (Lipinski definition) is 3. The average Bonchev–Trinajstić information content (AvgIpc) is 2.21. The Morgan fingerprint density at radius 3 is 3.00 bits per heavy atom. The summed E-state index contributed by atoms with van der Waals surface area (Å²) in [5.74, 6) is -0.338. The number of allylic oxidation sites excluding steroid dienone is 2. The SMILES string of the molecule is CCOC(=O)[C@@H](Cl)CC1=CCCCC1=O. The quantitative estimate of drug-likeness (QED) is 0.550. The standard InChI is InChI=1S/C11H15ClO3/c1-2-15-11(14)9(12)7-8-5-3-4-6-10(8)13/h5,9H,2-4,6-7H2,1H3/t9-/m0/s1. The molecular formula is C11H15ClO3. The van der Waals surface area contributed by atoms with E-state index in [1.807, 2.05) is 6.08 Å². The Hall–Kier alpha value is -0.830. The van der Waals surface area contributed by atoms with Crippen LogP contribution in [0.5, 0.6) is 0 Å². The molecule has 0 aromatic heterocycles. The van der Waals surface area contributed by atoms with Gasteiger partial charge in [0, 0.05) is 12.8 Å². The summed E-state index contributed by atoms with van der Waals surface area (Å²) in [4.78, 5) is 22.7. The highest BCUT2D eigenvalue weighted by Crippen LogP contribution is 2.21. The Morgan fingerprint density at radius 1 is 1.67 bits per heavy atom. The van der Waals surface area contributed by atoms with Crippen LogP contribution in [0.2, 0.25) is 0 Å². The number of Topliss-reactive ketones (excluding diaryl/α,β-unsaturated/α-hetero) is 1. The third-order valence-corrected chi connectivity index (χ3v) is 2.63. The summed E-state index contributed by atoms with van der Waals surface area (Å²) in [7, 11) is 0. The van der Waals surface area contributed by atoms with E-state index in [9.17, 15) is 9.59 Å². The first-order chi connectivity index (χ1) is 7.15. The highest BCUT2D eigenvalue weighted by Gasteiger charge is 2.22. The molecular weight excluding hydrogens is 216 g/mol. The average molecular weight is 231 g/mol. The molecule has 1 aliphatic carbocycles. The van der Waals surface area contributed by atoms with Crippen molar-refractivity contribution in [2.75, 3.05) is 6.61 Å². The van der Waals surface area contributed by atoms with Gasteiger partial charge in [0.05, 0.1) is 6.61 Å². The van der Waals surface area contributed by atoms with Gasteiger partial charge in [0.2, 0.25) is 0 Å². The topological polar surface area (TPSA) is 43.4 Å². The van der Waals surface area contributed by atoms with Crippen LogP contribution < -0.4 is 0 Å². The van der Waals surface area contributed by atoms with Gasteiger partial charge in [0.15, 0.2) is 5.78 Å². The molecule has 3 nitrogen and oxygen atoms in total. The van der Waals surface area contributed by atoms with Crippen molar-refractivity contribution in [3.05, 3.63) is 11.6 Å². The number of carbonyl (C=O) groups is 2. The van der Waals surface area contributed by atoms with Gasteiger partial charge in [-0.25, -0.2) is 0 Å². The lowest BCUT2D eigenvalue weighted by atomic mass is 9.95. The van der Waals surface area contributed by atoms with Crippen LogP contribution in [-0.4, -0.2) is 23.7 Å². The number of esters is 1. The fraction of sp³-hybridized carbons (Fsp3) is 0.636. The molecule has 0 bridgehead atoms. The zero-order valence-electron chi connectivity index (χ0n) is 8.79. The third-order valence-electron chi connectivity index (χ3n) is 2.30. The minimum Gasteiger partial charge on any atom is -0.465 e. The summed E-state index contributed by atoms with van der Waals surface area (Å²) in [6, 6.07) is 0. The largest absolute Gasteiger partial charge is 0.465 e. The van der Waals surface area contributed by atoms with Gasteiger partial charge < -0.3 is 4.74 Å². The number of carbonyl (C=O) groups excluding carboxylic acids is 2. The van der Waals surface area contributed by atoms with Crippen molar-refractivity contribution in [1.82, 2.24) is 0 Å². The van der Waals surface area contributed by atoms with E-state index in [4.69, 9.17) is 16.3 Å². The van der Waals surface area contributed by atoms with Gasteiger partial charge in [-0.1, -0.05) is 6.08 Å². The van der Waals surface area contributed by atoms with E-state index in [0.29, 0.717) is 25.0 Å². The van der Waals surface area contributed by atoms with Crippen LogP contribution in [0.1, 0.15) is 32.6 Å². The highest BCUT2D eigenvalue weighted by atomic mass is 35.5. The smallest absolute Gasteiger partial charge is 0.324 e. The Bertz CT molecular complexity index is 284. The molecule has 1 rings (SSSR count). The van der Waals surface area contributed by atoms with Crippen LogP contribution in [-0.2, 0) is 14.3 Å². The molecule has 4 heteroatoms. The lowest BCUT2D eigenvalue weighted by Gasteiger charge is -2.14. The van der Waals surface area contributed by atoms with E-state index in [1.165, 1.54) is 0 Å². The summed E-state index contributed by atoms with van der Waals surface area (Å²) >= 11 is 5.84. The molecule has 0 saturated heterocycles. The number of ketones is 1. The number of hydrogen-bond donors (Lipinski definition) is 0.